The second-order valence-electron chi connectivity index (χ2n) is 4.53. The first-order valence-corrected chi connectivity index (χ1v) is 7.91. The summed E-state index contributed by atoms with van der Waals surface area (Å²) >= 11 is 1.41. The third kappa shape index (κ3) is 3.56. The van der Waals surface area contributed by atoms with Gasteiger partial charge in [-0.15, -0.1) is 11.3 Å². The van der Waals surface area contributed by atoms with Gasteiger partial charge in [0.05, 0.1) is 7.11 Å². The number of amides is 1. The van der Waals surface area contributed by atoms with Gasteiger partial charge in [0.1, 0.15) is 15.6 Å². The summed E-state index contributed by atoms with van der Waals surface area (Å²) in [6.45, 7) is 8.60. The molecule has 0 unspecified atom stereocenters. The van der Waals surface area contributed by atoms with Crippen molar-refractivity contribution in [2.24, 2.45) is 0 Å². The molecule has 1 heterocycles. The predicted octanol–water partition coefficient (Wildman–Crippen LogP) is 2.72. The molecule has 0 spiro atoms. The summed E-state index contributed by atoms with van der Waals surface area (Å²) in [6.07, 6.45) is 2.08. The third-order valence-electron chi connectivity index (χ3n) is 2.90. The number of nitrogen functional groups attached to an aromatic ring is 1. The van der Waals surface area contributed by atoms with Crippen LogP contribution in [0.3, 0.4) is 0 Å². The maximum absolute atomic E-state index is 12.0. The molecule has 0 saturated carbocycles. The molecule has 0 saturated heterocycles. The monoisotopic (exact) mass is 299 g/mol. The van der Waals surface area contributed by atoms with Gasteiger partial charge in [0.2, 0.25) is 0 Å². The van der Waals surface area contributed by atoms with Gasteiger partial charge in [0.15, 0.2) is 5.75 Å². The van der Waals surface area contributed by atoms with E-state index in [0.717, 1.165) is 30.9 Å². The number of nitrogens with two attached hydrogens (primary N) is 1. The molecule has 0 aliphatic rings. The Hall–Kier alpha value is -1.43. The maximum atomic E-state index is 12.0. The van der Waals surface area contributed by atoms with Crippen molar-refractivity contribution in [1.29, 1.82) is 0 Å². The number of anilines is 2. The number of methoxy groups -OCH3 is 1. The second-order valence-corrected chi connectivity index (χ2v) is 5.53. The highest BCUT2D eigenvalue weighted by Crippen LogP contribution is 2.44. The summed E-state index contributed by atoms with van der Waals surface area (Å²) in [5.74, 6) is 0.491. The smallest absolute Gasteiger partial charge is 0.263 e. The van der Waals surface area contributed by atoms with E-state index in [1.54, 1.807) is 7.11 Å². The first kappa shape index (κ1) is 16.6. The Kier molecular flexibility index (Phi) is 6.64. The minimum Gasteiger partial charge on any atom is -0.492 e. The molecule has 0 aliphatic heterocycles. The number of rotatable bonds is 8. The topological polar surface area (TPSA) is 67.6 Å². The lowest BCUT2D eigenvalue weighted by atomic mass is 10.3. The lowest BCUT2D eigenvalue weighted by Crippen LogP contribution is -2.24. The number of carbonyl (C=O) groups is 1. The van der Waals surface area contributed by atoms with Crippen molar-refractivity contribution in [3.63, 3.8) is 0 Å². The molecule has 3 N–H and O–H groups in total. The van der Waals surface area contributed by atoms with Gasteiger partial charge in [-0.2, -0.15) is 0 Å². The van der Waals surface area contributed by atoms with Crippen molar-refractivity contribution in [3.05, 3.63) is 4.88 Å². The summed E-state index contributed by atoms with van der Waals surface area (Å²) in [5, 5.41) is 3.74. The number of nitrogens with one attached hydrogen (secondary N) is 1. The molecule has 114 valence electrons. The summed E-state index contributed by atoms with van der Waals surface area (Å²) in [4.78, 5) is 14.8. The van der Waals surface area contributed by atoms with E-state index in [1.807, 2.05) is 6.92 Å². The fourth-order valence-corrected chi connectivity index (χ4v) is 3.24. The molecule has 5 nitrogen and oxygen atoms in total. The van der Waals surface area contributed by atoms with Crippen molar-refractivity contribution in [2.75, 3.05) is 37.4 Å². The van der Waals surface area contributed by atoms with Crippen LogP contribution in [0.25, 0.3) is 0 Å². The van der Waals surface area contributed by atoms with Gasteiger partial charge in [-0.05, 0) is 19.8 Å². The lowest BCUT2D eigenvalue weighted by molar-refractivity contribution is 0.0960. The summed E-state index contributed by atoms with van der Waals surface area (Å²) in [7, 11) is 1.60. The van der Waals surface area contributed by atoms with Gasteiger partial charge < -0.3 is 20.7 Å². The van der Waals surface area contributed by atoms with Crippen LogP contribution in [0.2, 0.25) is 0 Å². The Morgan fingerprint density at radius 2 is 1.90 bits per heavy atom. The fourth-order valence-electron chi connectivity index (χ4n) is 2.09. The van der Waals surface area contributed by atoms with Crippen LogP contribution < -0.4 is 20.7 Å². The van der Waals surface area contributed by atoms with Crippen LogP contribution in [0, 0.1) is 0 Å². The van der Waals surface area contributed by atoms with Crippen LogP contribution >= 0.6 is 11.3 Å². The van der Waals surface area contributed by atoms with Crippen molar-refractivity contribution < 1.29 is 9.53 Å². The molecule has 0 radical (unpaired) electrons. The van der Waals surface area contributed by atoms with Crippen LogP contribution in [0.1, 0.15) is 43.3 Å². The summed E-state index contributed by atoms with van der Waals surface area (Å²) < 4.78 is 5.42. The molecule has 1 aromatic heterocycles. The molecule has 1 aromatic rings. The lowest BCUT2D eigenvalue weighted by Gasteiger charge is -2.22. The number of nitrogens with zero attached hydrogens (tertiary/aromatic N) is 1. The Balaban J connectivity index is 3.17. The molecule has 0 bridgehead atoms. The molecule has 6 heteroatoms. The Bertz CT molecular complexity index is 440. The quantitative estimate of drug-likeness (QED) is 0.774. The van der Waals surface area contributed by atoms with Crippen LogP contribution in [-0.2, 0) is 0 Å². The van der Waals surface area contributed by atoms with Crippen molar-refractivity contribution >= 4 is 27.9 Å². The van der Waals surface area contributed by atoms with Crippen LogP contribution in [0.5, 0.6) is 5.75 Å². The van der Waals surface area contributed by atoms with Gasteiger partial charge in [0, 0.05) is 19.6 Å². The largest absolute Gasteiger partial charge is 0.492 e. The average Bonchev–Trinajstić information content (AvgIpc) is 2.75. The van der Waals surface area contributed by atoms with E-state index in [2.05, 4.69) is 24.1 Å². The number of thiophene rings is 1. The van der Waals surface area contributed by atoms with E-state index in [4.69, 9.17) is 10.5 Å². The van der Waals surface area contributed by atoms with E-state index in [9.17, 15) is 4.79 Å². The fraction of sp³-hybridized carbons (Fsp3) is 0.643. The van der Waals surface area contributed by atoms with E-state index in [0.29, 0.717) is 22.9 Å². The van der Waals surface area contributed by atoms with Gasteiger partial charge in [-0.3, -0.25) is 4.79 Å². The molecule has 0 atom stereocenters. The zero-order chi connectivity index (χ0) is 15.1. The predicted molar refractivity (Wildman–Crippen MR) is 86.1 cm³/mol. The van der Waals surface area contributed by atoms with E-state index >= 15 is 0 Å². The van der Waals surface area contributed by atoms with E-state index in [-0.39, 0.29) is 5.91 Å². The number of hydrogen-bond acceptors (Lipinski definition) is 5. The van der Waals surface area contributed by atoms with E-state index in [1.165, 1.54) is 11.3 Å². The van der Waals surface area contributed by atoms with Gasteiger partial charge in [-0.25, -0.2) is 0 Å². The minimum absolute atomic E-state index is 0.132. The Morgan fingerprint density at radius 1 is 1.30 bits per heavy atom. The third-order valence-corrected chi connectivity index (χ3v) is 4.15. The van der Waals surface area contributed by atoms with Crippen molar-refractivity contribution in [1.82, 2.24) is 5.32 Å². The first-order valence-electron chi connectivity index (χ1n) is 7.09. The number of ether oxygens (including phenoxy) is 1. The highest BCUT2D eigenvalue weighted by Gasteiger charge is 2.24. The zero-order valence-corrected chi connectivity index (χ0v) is 13.6. The Labute approximate surface area is 125 Å². The zero-order valence-electron chi connectivity index (χ0n) is 12.8. The van der Waals surface area contributed by atoms with Crippen LogP contribution in [-0.4, -0.2) is 32.7 Å². The molecule has 20 heavy (non-hydrogen) atoms. The maximum Gasteiger partial charge on any atom is 0.263 e. The normalized spacial score (nSPS) is 10.4. The minimum atomic E-state index is -0.132. The molecule has 0 fully saturated rings. The average molecular weight is 299 g/mol. The summed E-state index contributed by atoms with van der Waals surface area (Å²) in [6, 6.07) is 0. The molecular weight excluding hydrogens is 274 g/mol. The van der Waals surface area contributed by atoms with Gasteiger partial charge in [0.25, 0.3) is 5.91 Å². The molecule has 1 amide bonds. The number of hydrogen-bond donors (Lipinski definition) is 2. The van der Waals surface area contributed by atoms with Crippen LogP contribution in [0.15, 0.2) is 0 Å². The van der Waals surface area contributed by atoms with Gasteiger partial charge in [-0.1, -0.05) is 13.8 Å². The highest BCUT2D eigenvalue weighted by atomic mass is 32.1. The van der Waals surface area contributed by atoms with Crippen molar-refractivity contribution in [3.8, 4) is 5.75 Å². The SMILES string of the molecule is CCCN(CCC)c1sc(C(=O)NCC)c(N)c1OC. The number of carbonyl (C=O) groups excluding carboxylic acids is 1. The summed E-state index contributed by atoms with van der Waals surface area (Å²) in [5.41, 5.74) is 6.51. The molecular formula is C14H25N3O2S. The Morgan fingerprint density at radius 3 is 2.35 bits per heavy atom. The molecule has 0 aromatic carbocycles. The molecule has 1 rings (SSSR count). The highest BCUT2D eigenvalue weighted by molar-refractivity contribution is 7.19. The second kappa shape index (κ2) is 7.99. The van der Waals surface area contributed by atoms with E-state index < -0.39 is 0 Å². The molecule has 0 aliphatic carbocycles. The van der Waals surface area contributed by atoms with Crippen LogP contribution in [0.4, 0.5) is 10.7 Å². The van der Waals surface area contributed by atoms with Gasteiger partial charge >= 0.3 is 0 Å². The first-order chi connectivity index (χ1) is 9.60. The van der Waals surface area contributed by atoms with Crippen molar-refractivity contribution in [2.45, 2.75) is 33.6 Å². The standard InChI is InChI=1S/C14H25N3O2S/c1-5-8-17(9-6-2)14-11(19-4)10(15)12(20-14)13(18)16-7-3/h5-9,15H2,1-4H3,(H,16,18).